The Balaban J connectivity index is 2.56. The lowest BCUT2D eigenvalue weighted by atomic mass is 10.00. The summed E-state index contributed by atoms with van der Waals surface area (Å²) in [5, 5.41) is 13.0. The Morgan fingerprint density at radius 1 is 1.30 bits per heavy atom. The van der Waals surface area contributed by atoms with E-state index in [4.69, 9.17) is 16.3 Å². The molecule has 0 aliphatic heterocycles. The van der Waals surface area contributed by atoms with Crippen LogP contribution in [0.4, 0.5) is 11.4 Å². The Kier molecular flexibility index (Phi) is 5.55. The molecule has 0 heterocycles. The first-order valence-electron chi connectivity index (χ1n) is 7.01. The standard InChI is InChI=1S/C17H17BrClNO3/c1-9(2)10-8-15(11(17(21)22)7-12(10)18)20-14-6-4-5-13(19)16(14)23-3/h4-9,20H,1-3H3,(H,21,22). The largest absolute Gasteiger partial charge is 0.493 e. The molecule has 0 atom stereocenters. The highest BCUT2D eigenvalue weighted by Gasteiger charge is 2.17. The first-order chi connectivity index (χ1) is 10.8. The van der Waals surface area contributed by atoms with Gasteiger partial charge >= 0.3 is 5.97 Å². The number of ether oxygens (including phenoxy) is 1. The number of carboxylic acid groups (broad SMARTS) is 1. The monoisotopic (exact) mass is 397 g/mol. The van der Waals surface area contributed by atoms with Crippen LogP contribution in [0.5, 0.6) is 5.75 Å². The van der Waals surface area contributed by atoms with Gasteiger partial charge in [-0.05, 0) is 35.7 Å². The molecule has 0 saturated carbocycles. The molecule has 6 heteroatoms. The topological polar surface area (TPSA) is 58.6 Å². The molecule has 0 amide bonds. The van der Waals surface area contributed by atoms with Gasteiger partial charge in [-0.1, -0.05) is 47.4 Å². The molecule has 122 valence electrons. The summed E-state index contributed by atoms with van der Waals surface area (Å²) in [6.07, 6.45) is 0. The number of hydrogen-bond acceptors (Lipinski definition) is 3. The maximum absolute atomic E-state index is 11.5. The normalized spacial score (nSPS) is 10.7. The van der Waals surface area contributed by atoms with Gasteiger partial charge in [-0.2, -0.15) is 0 Å². The molecule has 0 spiro atoms. The van der Waals surface area contributed by atoms with Gasteiger partial charge in [0.05, 0.1) is 29.1 Å². The molecule has 0 radical (unpaired) electrons. The highest BCUT2D eigenvalue weighted by atomic mass is 79.9. The SMILES string of the molecule is COc1c(Cl)cccc1Nc1cc(C(C)C)c(Br)cc1C(=O)O. The fourth-order valence-electron chi connectivity index (χ4n) is 2.27. The molecule has 2 aromatic rings. The highest BCUT2D eigenvalue weighted by Crippen LogP contribution is 2.37. The van der Waals surface area contributed by atoms with Crippen molar-refractivity contribution in [3.63, 3.8) is 0 Å². The van der Waals surface area contributed by atoms with E-state index in [9.17, 15) is 9.90 Å². The second-order valence-electron chi connectivity index (χ2n) is 5.32. The van der Waals surface area contributed by atoms with E-state index in [1.807, 2.05) is 19.9 Å². The van der Waals surface area contributed by atoms with Crippen molar-refractivity contribution in [1.82, 2.24) is 0 Å². The smallest absolute Gasteiger partial charge is 0.337 e. The van der Waals surface area contributed by atoms with E-state index in [0.29, 0.717) is 22.1 Å². The summed E-state index contributed by atoms with van der Waals surface area (Å²) in [6, 6.07) is 8.71. The number of hydrogen-bond donors (Lipinski definition) is 2. The van der Waals surface area contributed by atoms with E-state index in [1.165, 1.54) is 7.11 Å². The van der Waals surface area contributed by atoms with Crippen molar-refractivity contribution in [1.29, 1.82) is 0 Å². The molecular formula is C17H17BrClNO3. The number of para-hydroxylation sites is 1. The molecular weight excluding hydrogens is 382 g/mol. The summed E-state index contributed by atoms with van der Waals surface area (Å²) < 4.78 is 6.07. The van der Waals surface area contributed by atoms with E-state index in [0.717, 1.165) is 10.0 Å². The van der Waals surface area contributed by atoms with Crippen LogP contribution in [-0.4, -0.2) is 18.2 Å². The summed E-state index contributed by atoms with van der Waals surface area (Å²) in [4.78, 5) is 11.5. The van der Waals surface area contributed by atoms with Crippen molar-refractivity contribution in [2.45, 2.75) is 19.8 Å². The number of benzene rings is 2. The summed E-state index contributed by atoms with van der Waals surface area (Å²) in [7, 11) is 1.52. The first-order valence-corrected chi connectivity index (χ1v) is 8.18. The second-order valence-corrected chi connectivity index (χ2v) is 6.59. The highest BCUT2D eigenvalue weighted by molar-refractivity contribution is 9.10. The van der Waals surface area contributed by atoms with Crippen molar-refractivity contribution in [2.24, 2.45) is 0 Å². The van der Waals surface area contributed by atoms with Gasteiger partial charge in [-0.15, -0.1) is 0 Å². The van der Waals surface area contributed by atoms with E-state index >= 15 is 0 Å². The molecule has 0 bridgehead atoms. The zero-order valence-corrected chi connectivity index (χ0v) is 15.3. The Morgan fingerprint density at radius 2 is 2.00 bits per heavy atom. The molecule has 0 fully saturated rings. The minimum atomic E-state index is -1.01. The molecule has 0 aromatic heterocycles. The summed E-state index contributed by atoms with van der Waals surface area (Å²) in [5.74, 6) is -0.293. The molecule has 0 saturated heterocycles. The van der Waals surface area contributed by atoms with Crippen LogP contribution >= 0.6 is 27.5 Å². The summed E-state index contributed by atoms with van der Waals surface area (Å²) in [5.41, 5.74) is 2.28. The minimum Gasteiger partial charge on any atom is -0.493 e. The zero-order valence-electron chi connectivity index (χ0n) is 13.0. The quantitative estimate of drug-likeness (QED) is 0.680. The number of carboxylic acids is 1. The second kappa shape index (κ2) is 7.23. The average molecular weight is 399 g/mol. The van der Waals surface area contributed by atoms with Crippen LogP contribution in [0.25, 0.3) is 0 Å². The summed E-state index contributed by atoms with van der Waals surface area (Å²) >= 11 is 9.55. The van der Waals surface area contributed by atoms with Gasteiger partial charge in [0.1, 0.15) is 0 Å². The predicted molar refractivity (Wildman–Crippen MR) is 96.5 cm³/mol. The Bertz CT molecular complexity index is 747. The number of methoxy groups -OCH3 is 1. The van der Waals surface area contributed by atoms with Gasteiger partial charge in [0.2, 0.25) is 0 Å². The first kappa shape index (κ1) is 17.6. The molecule has 2 aromatic carbocycles. The Labute approximate surface area is 148 Å². The molecule has 2 N–H and O–H groups in total. The lowest BCUT2D eigenvalue weighted by Crippen LogP contribution is -2.06. The van der Waals surface area contributed by atoms with Gasteiger partial charge < -0.3 is 15.2 Å². The van der Waals surface area contributed by atoms with Crippen LogP contribution in [0.1, 0.15) is 35.7 Å². The number of nitrogens with one attached hydrogen (secondary N) is 1. The molecule has 4 nitrogen and oxygen atoms in total. The fourth-order valence-corrected chi connectivity index (χ4v) is 3.33. The number of rotatable bonds is 5. The van der Waals surface area contributed by atoms with Crippen LogP contribution in [0, 0.1) is 0 Å². The van der Waals surface area contributed by atoms with Crippen molar-refractivity contribution < 1.29 is 14.6 Å². The van der Waals surface area contributed by atoms with Gasteiger partial charge in [-0.25, -0.2) is 4.79 Å². The van der Waals surface area contributed by atoms with Crippen LogP contribution in [0.2, 0.25) is 5.02 Å². The van der Waals surface area contributed by atoms with Crippen LogP contribution in [-0.2, 0) is 0 Å². The van der Waals surface area contributed by atoms with Gasteiger partial charge in [0.15, 0.2) is 5.75 Å². The minimum absolute atomic E-state index is 0.170. The fraction of sp³-hybridized carbons (Fsp3) is 0.235. The van der Waals surface area contributed by atoms with Crippen LogP contribution in [0.3, 0.4) is 0 Å². The van der Waals surface area contributed by atoms with E-state index in [2.05, 4.69) is 21.2 Å². The van der Waals surface area contributed by atoms with Crippen molar-refractivity contribution >= 4 is 44.9 Å². The van der Waals surface area contributed by atoms with Gasteiger partial charge in [0.25, 0.3) is 0 Å². The van der Waals surface area contributed by atoms with Crippen molar-refractivity contribution in [3.05, 3.63) is 51.0 Å². The Morgan fingerprint density at radius 3 is 2.57 bits per heavy atom. The average Bonchev–Trinajstić information content (AvgIpc) is 2.48. The van der Waals surface area contributed by atoms with Crippen LogP contribution in [0.15, 0.2) is 34.8 Å². The molecule has 0 aliphatic rings. The van der Waals surface area contributed by atoms with Crippen molar-refractivity contribution in [2.75, 3.05) is 12.4 Å². The third kappa shape index (κ3) is 3.79. The molecule has 0 aliphatic carbocycles. The van der Waals surface area contributed by atoms with Crippen molar-refractivity contribution in [3.8, 4) is 5.75 Å². The lowest BCUT2D eigenvalue weighted by Gasteiger charge is -2.17. The maximum atomic E-state index is 11.5. The van der Waals surface area contributed by atoms with E-state index in [1.54, 1.807) is 24.3 Å². The zero-order chi connectivity index (χ0) is 17.1. The number of halogens is 2. The van der Waals surface area contributed by atoms with Crippen LogP contribution < -0.4 is 10.1 Å². The molecule has 23 heavy (non-hydrogen) atoms. The molecule has 2 rings (SSSR count). The maximum Gasteiger partial charge on any atom is 0.337 e. The third-order valence-electron chi connectivity index (χ3n) is 3.43. The van der Waals surface area contributed by atoms with E-state index < -0.39 is 5.97 Å². The Hall–Kier alpha value is -1.72. The third-order valence-corrected chi connectivity index (χ3v) is 4.41. The predicted octanol–water partition coefficient (Wildman–Crippen LogP) is 5.68. The van der Waals surface area contributed by atoms with Gasteiger partial charge in [0, 0.05) is 4.47 Å². The number of carbonyl (C=O) groups is 1. The van der Waals surface area contributed by atoms with E-state index in [-0.39, 0.29) is 11.5 Å². The molecule has 0 unspecified atom stereocenters. The summed E-state index contributed by atoms with van der Waals surface area (Å²) in [6.45, 7) is 4.09. The number of anilines is 2. The lowest BCUT2D eigenvalue weighted by molar-refractivity contribution is 0.0698. The number of aromatic carboxylic acids is 1. The van der Waals surface area contributed by atoms with Gasteiger partial charge in [-0.3, -0.25) is 0 Å².